The summed E-state index contributed by atoms with van der Waals surface area (Å²) < 4.78 is 11.0. The highest BCUT2D eigenvalue weighted by atomic mass is 16.5. The largest absolute Gasteiger partial charge is 0.378 e. The van der Waals surface area contributed by atoms with Crippen molar-refractivity contribution in [3.05, 3.63) is 54.9 Å². The average Bonchev–Trinajstić information content (AvgIpc) is 3.33. The van der Waals surface area contributed by atoms with Gasteiger partial charge in [-0.05, 0) is 47.5 Å². The number of hydrogen-bond donors (Lipinski definition) is 1. The van der Waals surface area contributed by atoms with Gasteiger partial charge in [0.25, 0.3) is 0 Å². The minimum atomic E-state index is 0.735. The molecule has 0 aliphatic carbocycles. The SMILES string of the molecule is c1cc(-c2ccc3[nH]nc(-c4ccnc(N5CCOCC5)c4)c3c2)cc(N2CCOCC2)n1. The van der Waals surface area contributed by atoms with Crippen LogP contribution in [0.2, 0.25) is 0 Å². The van der Waals surface area contributed by atoms with Crippen LogP contribution in [-0.2, 0) is 9.47 Å². The fourth-order valence-corrected chi connectivity index (χ4v) is 4.51. The standard InChI is InChI=1S/C25H26N6O2/c1-2-22-21(15-18(1)19-3-5-26-23(16-19)30-7-11-32-12-8-30)25(29-28-22)20-4-6-27-24(17-20)31-9-13-33-14-10-31/h1-6,15-17H,7-14H2,(H,28,29). The summed E-state index contributed by atoms with van der Waals surface area (Å²) in [6, 6.07) is 14.8. The van der Waals surface area contributed by atoms with Crippen molar-refractivity contribution in [2.45, 2.75) is 0 Å². The van der Waals surface area contributed by atoms with Gasteiger partial charge in [0, 0.05) is 49.5 Å². The molecule has 0 atom stereocenters. The Morgan fingerprint density at radius 2 is 1.24 bits per heavy atom. The molecular weight excluding hydrogens is 416 g/mol. The maximum Gasteiger partial charge on any atom is 0.129 e. The number of benzene rings is 1. The molecule has 0 bridgehead atoms. The third-order valence-electron chi connectivity index (χ3n) is 6.33. The van der Waals surface area contributed by atoms with Crippen LogP contribution in [0.3, 0.4) is 0 Å². The Hall–Kier alpha value is -3.49. The van der Waals surface area contributed by atoms with Gasteiger partial charge in [-0.25, -0.2) is 9.97 Å². The van der Waals surface area contributed by atoms with Crippen molar-refractivity contribution >= 4 is 22.5 Å². The van der Waals surface area contributed by atoms with E-state index in [9.17, 15) is 0 Å². The number of aromatic nitrogens is 4. The van der Waals surface area contributed by atoms with Gasteiger partial charge in [-0.15, -0.1) is 0 Å². The molecule has 8 heteroatoms. The van der Waals surface area contributed by atoms with Crippen molar-refractivity contribution in [1.82, 2.24) is 20.2 Å². The van der Waals surface area contributed by atoms with E-state index in [0.717, 1.165) is 97.5 Å². The molecule has 0 saturated carbocycles. The molecule has 8 nitrogen and oxygen atoms in total. The molecule has 2 saturated heterocycles. The Labute approximate surface area is 192 Å². The van der Waals surface area contributed by atoms with Crippen LogP contribution in [0.5, 0.6) is 0 Å². The number of ether oxygens (including phenoxy) is 2. The van der Waals surface area contributed by atoms with Crippen LogP contribution >= 0.6 is 0 Å². The van der Waals surface area contributed by atoms with Crippen LogP contribution in [0.25, 0.3) is 33.3 Å². The van der Waals surface area contributed by atoms with E-state index in [1.54, 1.807) is 0 Å². The molecule has 0 spiro atoms. The Balaban J connectivity index is 1.35. The summed E-state index contributed by atoms with van der Waals surface area (Å²) in [5, 5.41) is 8.93. The molecule has 2 fully saturated rings. The number of rotatable bonds is 4. The normalized spacial score (nSPS) is 17.0. The van der Waals surface area contributed by atoms with Gasteiger partial charge in [0.2, 0.25) is 0 Å². The van der Waals surface area contributed by atoms with Crippen molar-refractivity contribution in [1.29, 1.82) is 0 Å². The van der Waals surface area contributed by atoms with Crippen LogP contribution in [0.4, 0.5) is 11.6 Å². The molecule has 33 heavy (non-hydrogen) atoms. The molecule has 0 unspecified atom stereocenters. The first-order valence-electron chi connectivity index (χ1n) is 11.4. The molecule has 168 valence electrons. The van der Waals surface area contributed by atoms with E-state index in [0.29, 0.717) is 0 Å². The van der Waals surface area contributed by atoms with E-state index in [4.69, 9.17) is 9.47 Å². The van der Waals surface area contributed by atoms with Crippen molar-refractivity contribution in [3.8, 4) is 22.4 Å². The van der Waals surface area contributed by atoms with Crippen molar-refractivity contribution in [3.63, 3.8) is 0 Å². The molecule has 5 heterocycles. The first kappa shape index (κ1) is 20.1. The molecular formula is C25H26N6O2. The lowest BCUT2D eigenvalue weighted by atomic mass is 10.0. The summed E-state index contributed by atoms with van der Waals surface area (Å²) >= 11 is 0. The fraction of sp³-hybridized carbons (Fsp3) is 0.320. The predicted molar refractivity (Wildman–Crippen MR) is 129 cm³/mol. The number of nitrogens with zero attached hydrogens (tertiary/aromatic N) is 5. The first-order valence-corrected chi connectivity index (χ1v) is 11.4. The van der Waals surface area contributed by atoms with E-state index < -0.39 is 0 Å². The highest BCUT2D eigenvalue weighted by Crippen LogP contribution is 2.32. The third-order valence-corrected chi connectivity index (χ3v) is 6.33. The van der Waals surface area contributed by atoms with Crippen LogP contribution < -0.4 is 9.80 Å². The number of nitrogens with one attached hydrogen (secondary N) is 1. The molecule has 1 N–H and O–H groups in total. The molecule has 0 amide bonds. The third kappa shape index (κ3) is 4.03. The Bertz CT molecular complexity index is 1260. The number of anilines is 2. The van der Waals surface area contributed by atoms with Crippen molar-refractivity contribution < 1.29 is 9.47 Å². The second-order valence-electron chi connectivity index (χ2n) is 8.34. The zero-order chi connectivity index (χ0) is 22.0. The van der Waals surface area contributed by atoms with Gasteiger partial charge in [-0.2, -0.15) is 5.10 Å². The van der Waals surface area contributed by atoms with Gasteiger partial charge in [-0.3, -0.25) is 5.10 Å². The maximum absolute atomic E-state index is 5.48. The summed E-state index contributed by atoms with van der Waals surface area (Å²) in [7, 11) is 0. The van der Waals surface area contributed by atoms with Gasteiger partial charge in [0.15, 0.2) is 0 Å². The van der Waals surface area contributed by atoms with Crippen LogP contribution in [0.1, 0.15) is 0 Å². The number of pyridine rings is 2. The Kier molecular flexibility index (Phi) is 5.37. The van der Waals surface area contributed by atoms with E-state index in [-0.39, 0.29) is 0 Å². The summed E-state index contributed by atoms with van der Waals surface area (Å²) in [6.07, 6.45) is 3.75. The van der Waals surface area contributed by atoms with Crippen LogP contribution in [0, 0.1) is 0 Å². The fourth-order valence-electron chi connectivity index (χ4n) is 4.51. The van der Waals surface area contributed by atoms with E-state index in [1.165, 1.54) is 0 Å². The lowest BCUT2D eigenvalue weighted by Gasteiger charge is -2.28. The summed E-state index contributed by atoms with van der Waals surface area (Å²) in [5.74, 6) is 1.96. The van der Waals surface area contributed by atoms with Gasteiger partial charge in [0.1, 0.15) is 17.3 Å². The topological polar surface area (TPSA) is 79.4 Å². The average molecular weight is 443 g/mol. The zero-order valence-electron chi connectivity index (χ0n) is 18.4. The number of H-pyrrole nitrogens is 1. The van der Waals surface area contributed by atoms with Gasteiger partial charge in [-0.1, -0.05) is 6.07 Å². The molecule has 1 aromatic carbocycles. The van der Waals surface area contributed by atoms with E-state index >= 15 is 0 Å². The van der Waals surface area contributed by atoms with Gasteiger partial charge >= 0.3 is 0 Å². The van der Waals surface area contributed by atoms with Gasteiger partial charge in [0.05, 0.1) is 31.9 Å². The van der Waals surface area contributed by atoms with Gasteiger partial charge < -0.3 is 19.3 Å². The first-order chi connectivity index (χ1) is 16.3. The second kappa shape index (κ2) is 8.80. The zero-order valence-corrected chi connectivity index (χ0v) is 18.4. The summed E-state index contributed by atoms with van der Waals surface area (Å²) in [6.45, 7) is 6.41. The second-order valence-corrected chi connectivity index (χ2v) is 8.34. The molecule has 0 radical (unpaired) electrons. The van der Waals surface area contributed by atoms with E-state index in [2.05, 4.69) is 66.4 Å². The van der Waals surface area contributed by atoms with Crippen LogP contribution in [0.15, 0.2) is 54.9 Å². The number of morpholine rings is 2. The van der Waals surface area contributed by atoms with Crippen molar-refractivity contribution in [2.75, 3.05) is 62.4 Å². The molecule has 4 aromatic rings. The minimum absolute atomic E-state index is 0.735. The Morgan fingerprint density at radius 3 is 1.91 bits per heavy atom. The van der Waals surface area contributed by atoms with E-state index in [1.807, 2.05) is 18.5 Å². The summed E-state index contributed by atoms with van der Waals surface area (Å²) in [4.78, 5) is 13.7. The lowest BCUT2D eigenvalue weighted by Crippen LogP contribution is -2.36. The Morgan fingerprint density at radius 1 is 0.667 bits per heavy atom. The number of fused-ring (bicyclic) bond motifs is 1. The highest BCUT2D eigenvalue weighted by Gasteiger charge is 2.16. The molecule has 6 rings (SSSR count). The van der Waals surface area contributed by atoms with Crippen molar-refractivity contribution in [2.24, 2.45) is 0 Å². The predicted octanol–water partition coefficient (Wildman–Crippen LogP) is 3.36. The minimum Gasteiger partial charge on any atom is -0.378 e. The number of aromatic amines is 1. The van der Waals surface area contributed by atoms with Crippen LogP contribution in [-0.4, -0.2) is 72.8 Å². The summed E-state index contributed by atoms with van der Waals surface area (Å²) in [5.41, 5.74) is 5.29. The number of hydrogen-bond acceptors (Lipinski definition) is 7. The highest BCUT2D eigenvalue weighted by molar-refractivity contribution is 5.96. The smallest absolute Gasteiger partial charge is 0.129 e. The molecule has 2 aliphatic heterocycles. The molecule has 3 aromatic heterocycles. The maximum atomic E-state index is 5.48. The monoisotopic (exact) mass is 442 g/mol. The molecule has 2 aliphatic rings. The quantitative estimate of drug-likeness (QED) is 0.519. The lowest BCUT2D eigenvalue weighted by molar-refractivity contribution is 0.122.